The standard InChI is InChI=1S/C19H38N2/c1-17(2)13-16-21(19-9-5-6-10-19)15-8-4-3-7-14-20-18-11-12-18/h17-20H,3-16H2,1-2H3. The van der Waals surface area contributed by atoms with Gasteiger partial charge >= 0.3 is 0 Å². The first-order chi connectivity index (χ1) is 10.3. The molecule has 0 saturated heterocycles. The Balaban J connectivity index is 1.52. The van der Waals surface area contributed by atoms with E-state index < -0.39 is 0 Å². The summed E-state index contributed by atoms with van der Waals surface area (Å²) < 4.78 is 0. The van der Waals surface area contributed by atoms with E-state index in [1.165, 1.54) is 90.3 Å². The first kappa shape index (κ1) is 17.3. The van der Waals surface area contributed by atoms with Crippen LogP contribution >= 0.6 is 0 Å². The zero-order valence-corrected chi connectivity index (χ0v) is 14.6. The maximum absolute atomic E-state index is 3.62. The van der Waals surface area contributed by atoms with Crippen molar-refractivity contribution in [2.45, 2.75) is 96.6 Å². The SMILES string of the molecule is CC(C)CCN(CCCCCCNC1CC1)C1CCCC1. The smallest absolute Gasteiger partial charge is 0.00952 e. The van der Waals surface area contributed by atoms with Crippen molar-refractivity contribution < 1.29 is 0 Å². The zero-order valence-electron chi connectivity index (χ0n) is 14.6. The lowest BCUT2D eigenvalue weighted by Crippen LogP contribution is -2.35. The van der Waals surface area contributed by atoms with Gasteiger partial charge in [0.15, 0.2) is 0 Å². The van der Waals surface area contributed by atoms with Gasteiger partial charge in [-0.05, 0) is 70.5 Å². The van der Waals surface area contributed by atoms with Crippen molar-refractivity contribution in [2.24, 2.45) is 5.92 Å². The molecule has 2 heteroatoms. The van der Waals surface area contributed by atoms with Crippen LogP contribution in [0.5, 0.6) is 0 Å². The predicted octanol–water partition coefficient (Wildman–Crippen LogP) is 4.59. The molecule has 21 heavy (non-hydrogen) atoms. The van der Waals surface area contributed by atoms with E-state index in [9.17, 15) is 0 Å². The summed E-state index contributed by atoms with van der Waals surface area (Å²) >= 11 is 0. The van der Waals surface area contributed by atoms with Crippen LogP contribution in [0.4, 0.5) is 0 Å². The molecule has 0 unspecified atom stereocenters. The first-order valence-electron chi connectivity index (χ1n) is 9.73. The molecule has 0 aromatic rings. The quantitative estimate of drug-likeness (QED) is 0.530. The fourth-order valence-electron chi connectivity index (χ4n) is 3.56. The van der Waals surface area contributed by atoms with Gasteiger partial charge in [0.05, 0.1) is 0 Å². The van der Waals surface area contributed by atoms with E-state index in [1.54, 1.807) is 0 Å². The van der Waals surface area contributed by atoms with Crippen LogP contribution in [-0.4, -0.2) is 36.6 Å². The normalized spacial score (nSPS) is 20.0. The van der Waals surface area contributed by atoms with E-state index in [4.69, 9.17) is 0 Å². The van der Waals surface area contributed by atoms with Gasteiger partial charge in [-0.3, -0.25) is 0 Å². The summed E-state index contributed by atoms with van der Waals surface area (Å²) in [5, 5.41) is 3.62. The van der Waals surface area contributed by atoms with Gasteiger partial charge in [-0.2, -0.15) is 0 Å². The largest absolute Gasteiger partial charge is 0.314 e. The zero-order chi connectivity index (χ0) is 14.9. The minimum atomic E-state index is 0.849. The Labute approximate surface area is 133 Å². The highest BCUT2D eigenvalue weighted by Gasteiger charge is 2.22. The van der Waals surface area contributed by atoms with E-state index in [0.29, 0.717) is 0 Å². The minimum Gasteiger partial charge on any atom is -0.314 e. The summed E-state index contributed by atoms with van der Waals surface area (Å²) in [6.45, 7) is 8.67. The maximum Gasteiger partial charge on any atom is 0.00952 e. The van der Waals surface area contributed by atoms with Crippen molar-refractivity contribution in [1.82, 2.24) is 10.2 Å². The number of nitrogens with one attached hydrogen (secondary N) is 1. The van der Waals surface area contributed by atoms with E-state index in [-0.39, 0.29) is 0 Å². The molecular weight excluding hydrogens is 256 g/mol. The van der Waals surface area contributed by atoms with Crippen LogP contribution in [0.25, 0.3) is 0 Å². The van der Waals surface area contributed by atoms with Gasteiger partial charge < -0.3 is 10.2 Å². The van der Waals surface area contributed by atoms with Crippen LogP contribution in [0.3, 0.4) is 0 Å². The second kappa shape index (κ2) is 9.84. The number of unbranched alkanes of at least 4 members (excludes halogenated alkanes) is 3. The van der Waals surface area contributed by atoms with Crippen LogP contribution in [0.1, 0.15) is 84.5 Å². The lowest BCUT2D eigenvalue weighted by atomic mass is 10.1. The molecule has 2 aliphatic rings. The van der Waals surface area contributed by atoms with Crippen LogP contribution in [-0.2, 0) is 0 Å². The molecule has 0 bridgehead atoms. The third-order valence-corrected chi connectivity index (χ3v) is 5.22. The molecule has 2 saturated carbocycles. The molecule has 2 rings (SSSR count). The lowest BCUT2D eigenvalue weighted by Gasteiger charge is -2.29. The van der Waals surface area contributed by atoms with E-state index in [1.807, 2.05) is 0 Å². The summed E-state index contributed by atoms with van der Waals surface area (Å²) in [5.74, 6) is 0.849. The van der Waals surface area contributed by atoms with Crippen LogP contribution in [0.15, 0.2) is 0 Å². The molecule has 0 aliphatic heterocycles. The molecule has 0 amide bonds. The molecule has 124 valence electrons. The molecule has 2 aliphatic carbocycles. The second-order valence-electron chi connectivity index (χ2n) is 7.80. The molecule has 0 spiro atoms. The van der Waals surface area contributed by atoms with Gasteiger partial charge in [-0.1, -0.05) is 39.5 Å². The van der Waals surface area contributed by atoms with E-state index in [0.717, 1.165) is 18.0 Å². The summed E-state index contributed by atoms with van der Waals surface area (Å²) in [5.41, 5.74) is 0. The highest BCUT2D eigenvalue weighted by Crippen LogP contribution is 2.24. The molecule has 0 heterocycles. The minimum absolute atomic E-state index is 0.849. The van der Waals surface area contributed by atoms with Gasteiger partial charge in [-0.25, -0.2) is 0 Å². The average molecular weight is 295 g/mol. The van der Waals surface area contributed by atoms with Crippen LogP contribution < -0.4 is 5.32 Å². The fraction of sp³-hybridized carbons (Fsp3) is 1.00. The predicted molar refractivity (Wildman–Crippen MR) is 92.8 cm³/mol. The molecule has 0 aromatic carbocycles. The van der Waals surface area contributed by atoms with E-state index >= 15 is 0 Å². The molecule has 0 radical (unpaired) electrons. The van der Waals surface area contributed by atoms with Crippen LogP contribution in [0, 0.1) is 5.92 Å². The average Bonchev–Trinajstić information content (AvgIpc) is 3.12. The van der Waals surface area contributed by atoms with Crippen molar-refractivity contribution in [1.29, 1.82) is 0 Å². The molecule has 2 fully saturated rings. The summed E-state index contributed by atoms with van der Waals surface area (Å²) in [6, 6.07) is 1.80. The van der Waals surface area contributed by atoms with Gasteiger partial charge in [0, 0.05) is 12.1 Å². The first-order valence-corrected chi connectivity index (χ1v) is 9.73. The Hall–Kier alpha value is -0.0800. The van der Waals surface area contributed by atoms with Gasteiger partial charge in [0.1, 0.15) is 0 Å². The highest BCUT2D eigenvalue weighted by molar-refractivity contribution is 4.80. The molecule has 0 atom stereocenters. The molecular formula is C19H38N2. The van der Waals surface area contributed by atoms with Gasteiger partial charge in [-0.15, -0.1) is 0 Å². The lowest BCUT2D eigenvalue weighted by molar-refractivity contribution is 0.184. The highest BCUT2D eigenvalue weighted by atomic mass is 15.2. The van der Waals surface area contributed by atoms with Crippen molar-refractivity contribution in [3.63, 3.8) is 0 Å². The summed E-state index contributed by atoms with van der Waals surface area (Å²) in [7, 11) is 0. The van der Waals surface area contributed by atoms with Gasteiger partial charge in [0.25, 0.3) is 0 Å². The Morgan fingerprint density at radius 1 is 0.905 bits per heavy atom. The number of hydrogen-bond acceptors (Lipinski definition) is 2. The van der Waals surface area contributed by atoms with E-state index in [2.05, 4.69) is 24.1 Å². The number of rotatable bonds is 12. The van der Waals surface area contributed by atoms with Gasteiger partial charge in [0.2, 0.25) is 0 Å². The number of nitrogens with zero attached hydrogens (tertiary/aromatic N) is 1. The maximum atomic E-state index is 3.62. The Bertz CT molecular complexity index is 254. The third-order valence-electron chi connectivity index (χ3n) is 5.22. The second-order valence-corrected chi connectivity index (χ2v) is 7.80. The summed E-state index contributed by atoms with van der Waals surface area (Å²) in [6.07, 6.45) is 15.7. The fourth-order valence-corrected chi connectivity index (χ4v) is 3.56. The topological polar surface area (TPSA) is 15.3 Å². The Morgan fingerprint density at radius 2 is 1.62 bits per heavy atom. The van der Waals surface area contributed by atoms with Crippen molar-refractivity contribution >= 4 is 0 Å². The van der Waals surface area contributed by atoms with Crippen molar-refractivity contribution in [3.8, 4) is 0 Å². The monoisotopic (exact) mass is 294 g/mol. The Kier molecular flexibility index (Phi) is 8.10. The molecule has 1 N–H and O–H groups in total. The van der Waals surface area contributed by atoms with Crippen molar-refractivity contribution in [3.05, 3.63) is 0 Å². The Morgan fingerprint density at radius 3 is 2.29 bits per heavy atom. The summed E-state index contributed by atoms with van der Waals surface area (Å²) in [4.78, 5) is 2.83. The number of hydrogen-bond donors (Lipinski definition) is 1. The molecule has 2 nitrogen and oxygen atoms in total. The van der Waals surface area contributed by atoms with Crippen molar-refractivity contribution in [2.75, 3.05) is 19.6 Å². The van der Waals surface area contributed by atoms with Crippen LogP contribution in [0.2, 0.25) is 0 Å². The molecule has 0 aromatic heterocycles. The third kappa shape index (κ3) is 7.65.